The monoisotopic (exact) mass is 210 g/mol. The number of hydrogen-bond acceptors (Lipinski definition) is 2. The van der Waals surface area contributed by atoms with Gasteiger partial charge in [-0.3, -0.25) is 4.79 Å². The van der Waals surface area contributed by atoms with Crippen LogP contribution in [0.15, 0.2) is 0 Å². The molecule has 3 heteroatoms. The van der Waals surface area contributed by atoms with Crippen LogP contribution in [0.1, 0.15) is 39.0 Å². The van der Waals surface area contributed by atoms with Gasteiger partial charge in [0.05, 0.1) is 0 Å². The van der Waals surface area contributed by atoms with Crippen LogP contribution in [-0.4, -0.2) is 36.5 Å². The average Bonchev–Trinajstić information content (AvgIpc) is 2.98. The molecule has 0 aromatic heterocycles. The molecule has 0 aromatic rings. The first-order chi connectivity index (χ1) is 7.29. The summed E-state index contributed by atoms with van der Waals surface area (Å²) in [5.41, 5.74) is 0. The summed E-state index contributed by atoms with van der Waals surface area (Å²) in [4.78, 5) is 13.6. The highest BCUT2D eigenvalue weighted by Gasteiger charge is 2.27. The molecule has 2 aliphatic rings. The van der Waals surface area contributed by atoms with Gasteiger partial charge < -0.3 is 10.2 Å². The standard InChI is InChI=1S/C12H22N2O/c1-2-10-8-12(15)14(9-10)7-3-6-13-11-4-5-11/h10-11,13H,2-9H2,1H3. The van der Waals surface area contributed by atoms with Crippen LogP contribution in [0.25, 0.3) is 0 Å². The first-order valence-electron chi connectivity index (χ1n) is 6.30. The van der Waals surface area contributed by atoms with Crippen molar-refractivity contribution in [2.24, 2.45) is 5.92 Å². The van der Waals surface area contributed by atoms with Crippen molar-refractivity contribution in [3.8, 4) is 0 Å². The van der Waals surface area contributed by atoms with Gasteiger partial charge in [-0.25, -0.2) is 0 Å². The topological polar surface area (TPSA) is 32.3 Å². The molecule has 15 heavy (non-hydrogen) atoms. The maximum absolute atomic E-state index is 11.6. The minimum absolute atomic E-state index is 0.369. The van der Waals surface area contributed by atoms with E-state index < -0.39 is 0 Å². The van der Waals surface area contributed by atoms with Gasteiger partial charge in [-0.15, -0.1) is 0 Å². The lowest BCUT2D eigenvalue weighted by Crippen LogP contribution is -2.29. The molecule has 1 aliphatic heterocycles. The third kappa shape index (κ3) is 3.20. The van der Waals surface area contributed by atoms with Crippen molar-refractivity contribution >= 4 is 5.91 Å². The lowest BCUT2D eigenvalue weighted by Gasteiger charge is -2.16. The van der Waals surface area contributed by atoms with Gasteiger partial charge in [-0.2, -0.15) is 0 Å². The summed E-state index contributed by atoms with van der Waals surface area (Å²) < 4.78 is 0. The number of nitrogens with one attached hydrogen (secondary N) is 1. The Morgan fingerprint density at radius 2 is 2.27 bits per heavy atom. The molecule has 2 fully saturated rings. The zero-order chi connectivity index (χ0) is 10.7. The Balaban J connectivity index is 1.59. The fourth-order valence-corrected chi connectivity index (χ4v) is 2.21. The highest BCUT2D eigenvalue weighted by molar-refractivity contribution is 5.78. The molecule has 3 nitrogen and oxygen atoms in total. The van der Waals surface area contributed by atoms with Crippen LogP contribution in [0, 0.1) is 5.92 Å². The number of nitrogens with zero attached hydrogens (tertiary/aromatic N) is 1. The van der Waals surface area contributed by atoms with Gasteiger partial charge >= 0.3 is 0 Å². The smallest absolute Gasteiger partial charge is 0.222 e. The maximum Gasteiger partial charge on any atom is 0.222 e. The highest BCUT2D eigenvalue weighted by Crippen LogP contribution is 2.21. The zero-order valence-corrected chi connectivity index (χ0v) is 9.67. The van der Waals surface area contributed by atoms with Crippen LogP contribution < -0.4 is 5.32 Å². The summed E-state index contributed by atoms with van der Waals surface area (Å²) in [6.45, 7) is 5.20. The summed E-state index contributed by atoms with van der Waals surface area (Å²) in [5, 5.41) is 3.48. The second kappa shape index (κ2) is 4.97. The summed E-state index contributed by atoms with van der Waals surface area (Å²) in [6, 6.07) is 0.794. The first kappa shape index (κ1) is 10.9. The van der Waals surface area contributed by atoms with E-state index in [1.165, 1.54) is 12.8 Å². The van der Waals surface area contributed by atoms with E-state index in [-0.39, 0.29) is 0 Å². The Labute approximate surface area is 92.2 Å². The largest absolute Gasteiger partial charge is 0.342 e. The number of carbonyl (C=O) groups is 1. The van der Waals surface area contributed by atoms with Crippen molar-refractivity contribution in [3.05, 3.63) is 0 Å². The number of rotatable bonds is 6. The average molecular weight is 210 g/mol. The molecule has 0 radical (unpaired) electrons. The summed E-state index contributed by atoms with van der Waals surface area (Å²) in [7, 11) is 0. The van der Waals surface area contributed by atoms with Gasteiger partial charge in [0.2, 0.25) is 5.91 Å². The van der Waals surface area contributed by atoms with Gasteiger partial charge in [-0.05, 0) is 31.7 Å². The number of carbonyl (C=O) groups excluding carboxylic acids is 1. The molecule has 2 rings (SSSR count). The number of likely N-dealkylation sites (tertiary alicyclic amines) is 1. The molecule has 86 valence electrons. The SMILES string of the molecule is CCC1CC(=O)N(CCCNC2CC2)C1. The van der Waals surface area contributed by atoms with Crippen molar-refractivity contribution in [1.82, 2.24) is 10.2 Å². The van der Waals surface area contributed by atoms with E-state index in [4.69, 9.17) is 0 Å². The van der Waals surface area contributed by atoms with E-state index in [0.29, 0.717) is 11.8 Å². The molecule has 1 aliphatic carbocycles. The Bertz CT molecular complexity index is 226. The van der Waals surface area contributed by atoms with E-state index in [9.17, 15) is 4.79 Å². The summed E-state index contributed by atoms with van der Waals surface area (Å²) in [6.07, 6.45) is 5.73. The predicted octanol–water partition coefficient (Wildman–Crippen LogP) is 1.39. The Morgan fingerprint density at radius 1 is 1.47 bits per heavy atom. The van der Waals surface area contributed by atoms with E-state index >= 15 is 0 Å². The second-order valence-electron chi connectivity index (χ2n) is 4.90. The van der Waals surface area contributed by atoms with Crippen LogP contribution in [0.2, 0.25) is 0 Å². The third-order valence-electron chi connectivity index (χ3n) is 3.49. The molecule has 0 spiro atoms. The van der Waals surface area contributed by atoms with Crippen molar-refractivity contribution in [2.75, 3.05) is 19.6 Å². The summed E-state index contributed by atoms with van der Waals surface area (Å²) >= 11 is 0. The van der Waals surface area contributed by atoms with Gasteiger partial charge in [0.1, 0.15) is 0 Å². The minimum atomic E-state index is 0.369. The molecular weight excluding hydrogens is 188 g/mol. The van der Waals surface area contributed by atoms with Crippen LogP contribution in [-0.2, 0) is 4.79 Å². The van der Waals surface area contributed by atoms with Gasteiger partial charge in [0.15, 0.2) is 0 Å². The molecular formula is C12H22N2O. The molecule has 1 N–H and O–H groups in total. The van der Waals surface area contributed by atoms with Crippen LogP contribution in [0.4, 0.5) is 0 Å². The fraction of sp³-hybridized carbons (Fsp3) is 0.917. The minimum Gasteiger partial charge on any atom is -0.342 e. The van der Waals surface area contributed by atoms with Crippen molar-refractivity contribution in [3.63, 3.8) is 0 Å². The quantitative estimate of drug-likeness (QED) is 0.672. The van der Waals surface area contributed by atoms with Gasteiger partial charge in [0, 0.05) is 25.6 Å². The molecule has 1 amide bonds. The Morgan fingerprint density at radius 3 is 2.87 bits per heavy atom. The van der Waals surface area contributed by atoms with Crippen molar-refractivity contribution in [1.29, 1.82) is 0 Å². The number of amides is 1. The summed E-state index contributed by atoms with van der Waals surface area (Å²) in [5.74, 6) is 0.988. The van der Waals surface area contributed by atoms with Gasteiger partial charge in [0.25, 0.3) is 0 Å². The normalized spacial score (nSPS) is 26.3. The van der Waals surface area contributed by atoms with Crippen molar-refractivity contribution in [2.45, 2.75) is 45.1 Å². The zero-order valence-electron chi connectivity index (χ0n) is 9.67. The van der Waals surface area contributed by atoms with Crippen LogP contribution in [0.5, 0.6) is 0 Å². The van der Waals surface area contributed by atoms with E-state index in [0.717, 1.165) is 44.9 Å². The second-order valence-corrected chi connectivity index (χ2v) is 4.90. The molecule has 1 saturated carbocycles. The van der Waals surface area contributed by atoms with E-state index in [2.05, 4.69) is 12.2 Å². The number of hydrogen-bond donors (Lipinski definition) is 1. The highest BCUT2D eigenvalue weighted by atomic mass is 16.2. The molecule has 0 bridgehead atoms. The molecule has 0 aromatic carbocycles. The molecule has 1 saturated heterocycles. The molecule has 1 atom stereocenters. The third-order valence-corrected chi connectivity index (χ3v) is 3.49. The lowest BCUT2D eigenvalue weighted by molar-refractivity contribution is -0.127. The van der Waals surface area contributed by atoms with Gasteiger partial charge in [-0.1, -0.05) is 13.3 Å². The fourth-order valence-electron chi connectivity index (χ4n) is 2.21. The van der Waals surface area contributed by atoms with E-state index in [1.807, 2.05) is 4.90 Å². The molecule has 1 heterocycles. The Kier molecular flexibility index (Phi) is 3.62. The molecule has 1 unspecified atom stereocenters. The van der Waals surface area contributed by atoms with Crippen LogP contribution in [0.3, 0.4) is 0 Å². The first-order valence-corrected chi connectivity index (χ1v) is 6.30. The van der Waals surface area contributed by atoms with E-state index in [1.54, 1.807) is 0 Å². The predicted molar refractivity (Wildman–Crippen MR) is 60.6 cm³/mol. The van der Waals surface area contributed by atoms with Crippen LogP contribution >= 0.6 is 0 Å². The lowest BCUT2D eigenvalue weighted by atomic mass is 10.1. The van der Waals surface area contributed by atoms with Crippen molar-refractivity contribution < 1.29 is 4.79 Å². The Hall–Kier alpha value is -0.570. The maximum atomic E-state index is 11.6.